The van der Waals surface area contributed by atoms with Crippen LogP contribution in [0.5, 0.6) is 11.5 Å². The quantitative estimate of drug-likeness (QED) is 0.408. The molecule has 0 saturated heterocycles. The molecule has 2 aromatic carbocycles. The molecule has 8 heteroatoms. The molecule has 0 aliphatic carbocycles. The maximum atomic E-state index is 8.97. The number of hydrogen-bond donors (Lipinski definition) is 2. The minimum absolute atomic E-state index is 0.463. The fraction of sp³-hybridized carbons (Fsp3) is 0.250. The van der Waals surface area contributed by atoms with Crippen LogP contribution in [0, 0.1) is 0 Å². The Labute approximate surface area is 138 Å². The number of hydrogen-bond acceptors (Lipinski definition) is 8. The Morgan fingerprint density at radius 3 is 1.21 bits per heavy atom. The summed E-state index contributed by atoms with van der Waals surface area (Å²) in [5, 5.41) is 17.9. The molecule has 0 radical (unpaired) electrons. The second kappa shape index (κ2) is 9.18. The Hall–Kier alpha value is -2.20. The Morgan fingerprint density at radius 1 is 0.625 bits per heavy atom. The summed E-state index contributed by atoms with van der Waals surface area (Å²) in [6.07, 6.45) is -2.49. The molecule has 2 N–H and O–H groups in total. The lowest BCUT2D eigenvalue weighted by atomic mass is 10.2. The molecule has 0 fully saturated rings. The van der Waals surface area contributed by atoms with Gasteiger partial charge in [-0.05, 0) is 24.3 Å². The van der Waals surface area contributed by atoms with Crippen molar-refractivity contribution in [1.29, 1.82) is 0 Å². The SMILES string of the molecule is COc1ccc(C(OO)OOC(OO)c2ccc(OC)cc2)cc1. The van der Waals surface area contributed by atoms with Crippen molar-refractivity contribution in [3.05, 3.63) is 59.7 Å². The van der Waals surface area contributed by atoms with Gasteiger partial charge >= 0.3 is 0 Å². The van der Waals surface area contributed by atoms with Crippen molar-refractivity contribution < 1.29 is 39.5 Å². The highest BCUT2D eigenvalue weighted by Crippen LogP contribution is 2.26. The van der Waals surface area contributed by atoms with E-state index in [1.165, 1.54) is 14.2 Å². The van der Waals surface area contributed by atoms with Crippen molar-refractivity contribution in [2.75, 3.05) is 14.2 Å². The van der Waals surface area contributed by atoms with Gasteiger partial charge in [-0.1, -0.05) is 24.3 Å². The third-order valence-corrected chi connectivity index (χ3v) is 3.20. The molecule has 2 unspecified atom stereocenters. The van der Waals surface area contributed by atoms with Gasteiger partial charge in [0.05, 0.1) is 14.2 Å². The zero-order chi connectivity index (χ0) is 17.4. The molecule has 2 aromatic rings. The largest absolute Gasteiger partial charge is 0.497 e. The van der Waals surface area contributed by atoms with Crippen LogP contribution in [0.3, 0.4) is 0 Å². The summed E-state index contributed by atoms with van der Waals surface area (Å²) in [6, 6.07) is 13.1. The van der Waals surface area contributed by atoms with Gasteiger partial charge in [-0.2, -0.15) is 19.6 Å². The highest BCUT2D eigenvalue weighted by Gasteiger charge is 2.20. The van der Waals surface area contributed by atoms with E-state index in [1.54, 1.807) is 48.5 Å². The first-order chi connectivity index (χ1) is 11.7. The number of ether oxygens (including phenoxy) is 2. The van der Waals surface area contributed by atoms with E-state index < -0.39 is 12.6 Å². The van der Waals surface area contributed by atoms with E-state index in [9.17, 15) is 0 Å². The van der Waals surface area contributed by atoms with Gasteiger partial charge in [0.15, 0.2) is 0 Å². The van der Waals surface area contributed by atoms with Crippen LogP contribution >= 0.6 is 0 Å². The lowest BCUT2D eigenvalue weighted by molar-refractivity contribution is -0.517. The normalized spacial score (nSPS) is 13.3. The average Bonchev–Trinajstić information content (AvgIpc) is 2.66. The minimum Gasteiger partial charge on any atom is -0.497 e. The Kier molecular flexibility index (Phi) is 6.94. The Balaban J connectivity index is 2.00. The van der Waals surface area contributed by atoms with Crippen molar-refractivity contribution in [3.63, 3.8) is 0 Å². The van der Waals surface area contributed by atoms with Crippen molar-refractivity contribution in [2.45, 2.75) is 12.6 Å². The van der Waals surface area contributed by atoms with E-state index in [0.29, 0.717) is 22.6 Å². The molecule has 0 aliphatic rings. The van der Waals surface area contributed by atoms with Gasteiger partial charge in [0.25, 0.3) is 0 Å². The molecule has 8 nitrogen and oxygen atoms in total. The van der Waals surface area contributed by atoms with E-state index in [4.69, 9.17) is 29.8 Å². The van der Waals surface area contributed by atoms with Crippen LogP contribution in [0.2, 0.25) is 0 Å². The molecular formula is C16H18O8. The number of methoxy groups -OCH3 is 2. The second-order valence-corrected chi connectivity index (χ2v) is 4.61. The Bertz CT molecular complexity index is 543. The highest BCUT2D eigenvalue weighted by molar-refractivity contribution is 5.28. The summed E-state index contributed by atoms with van der Waals surface area (Å²) < 4.78 is 10.1. The van der Waals surface area contributed by atoms with Gasteiger partial charge in [0.2, 0.25) is 12.6 Å². The molecular weight excluding hydrogens is 320 g/mol. The van der Waals surface area contributed by atoms with Gasteiger partial charge in [-0.3, -0.25) is 0 Å². The number of rotatable bonds is 9. The van der Waals surface area contributed by atoms with Gasteiger partial charge in [0, 0.05) is 11.1 Å². The molecule has 0 saturated carbocycles. The zero-order valence-electron chi connectivity index (χ0n) is 13.1. The molecule has 130 valence electrons. The van der Waals surface area contributed by atoms with Gasteiger partial charge in [-0.25, -0.2) is 10.5 Å². The molecule has 0 aliphatic heterocycles. The van der Waals surface area contributed by atoms with E-state index in [0.717, 1.165) is 0 Å². The van der Waals surface area contributed by atoms with Crippen molar-refractivity contribution in [2.24, 2.45) is 0 Å². The van der Waals surface area contributed by atoms with Crippen LogP contribution in [0.25, 0.3) is 0 Å². The molecule has 24 heavy (non-hydrogen) atoms. The van der Waals surface area contributed by atoms with Crippen molar-refractivity contribution >= 4 is 0 Å². The summed E-state index contributed by atoms with van der Waals surface area (Å²) >= 11 is 0. The fourth-order valence-electron chi connectivity index (χ4n) is 1.89. The molecule has 0 spiro atoms. The van der Waals surface area contributed by atoms with E-state index >= 15 is 0 Å². The summed E-state index contributed by atoms with van der Waals surface area (Å²) in [6.45, 7) is 0. The number of benzene rings is 2. The second-order valence-electron chi connectivity index (χ2n) is 4.61. The van der Waals surface area contributed by atoms with Gasteiger partial charge in [-0.15, -0.1) is 0 Å². The molecule has 2 rings (SSSR count). The van der Waals surface area contributed by atoms with Gasteiger partial charge < -0.3 is 9.47 Å². The summed E-state index contributed by atoms with van der Waals surface area (Å²) in [4.78, 5) is 18.4. The summed E-state index contributed by atoms with van der Waals surface area (Å²) in [5.41, 5.74) is 0.925. The maximum Gasteiger partial charge on any atom is 0.249 e. The first-order valence-electron chi connectivity index (χ1n) is 6.92. The van der Waals surface area contributed by atoms with Crippen molar-refractivity contribution in [1.82, 2.24) is 0 Å². The topological polar surface area (TPSA) is 95.8 Å². The van der Waals surface area contributed by atoms with Crippen LogP contribution in [-0.2, 0) is 19.6 Å². The van der Waals surface area contributed by atoms with Gasteiger partial charge in [0.1, 0.15) is 11.5 Å². The third kappa shape index (κ3) is 4.65. The smallest absolute Gasteiger partial charge is 0.249 e. The monoisotopic (exact) mass is 338 g/mol. The lowest BCUT2D eigenvalue weighted by Crippen LogP contribution is -2.13. The third-order valence-electron chi connectivity index (χ3n) is 3.20. The predicted molar refractivity (Wildman–Crippen MR) is 81.1 cm³/mol. The average molecular weight is 338 g/mol. The highest BCUT2D eigenvalue weighted by atomic mass is 17.3. The van der Waals surface area contributed by atoms with Crippen LogP contribution in [0.1, 0.15) is 23.7 Å². The molecule has 0 bridgehead atoms. The van der Waals surface area contributed by atoms with Crippen LogP contribution < -0.4 is 9.47 Å². The molecule has 0 amide bonds. The summed E-state index contributed by atoms with van der Waals surface area (Å²) in [7, 11) is 3.07. The zero-order valence-corrected chi connectivity index (χ0v) is 13.1. The molecule has 2 atom stereocenters. The summed E-state index contributed by atoms with van der Waals surface area (Å²) in [5.74, 6) is 1.26. The predicted octanol–water partition coefficient (Wildman–Crippen LogP) is 3.33. The first kappa shape index (κ1) is 18.1. The van der Waals surface area contributed by atoms with Crippen LogP contribution in [-0.4, -0.2) is 24.7 Å². The molecule has 0 aromatic heterocycles. The first-order valence-corrected chi connectivity index (χ1v) is 6.92. The lowest BCUT2D eigenvalue weighted by Gasteiger charge is -2.18. The molecule has 0 heterocycles. The minimum atomic E-state index is -1.24. The maximum absolute atomic E-state index is 8.97. The fourth-order valence-corrected chi connectivity index (χ4v) is 1.89. The van der Waals surface area contributed by atoms with Crippen LogP contribution in [0.4, 0.5) is 0 Å². The van der Waals surface area contributed by atoms with E-state index in [2.05, 4.69) is 9.78 Å². The Morgan fingerprint density at radius 2 is 0.958 bits per heavy atom. The van der Waals surface area contributed by atoms with Crippen LogP contribution in [0.15, 0.2) is 48.5 Å². The standard InChI is InChI=1S/C16H18O8/c1-19-13-7-3-11(4-8-13)15(21-17)23-24-16(22-18)12-5-9-14(20-2)10-6-12/h3-10,15-18H,1-2H3. The van der Waals surface area contributed by atoms with E-state index in [1.807, 2.05) is 0 Å². The van der Waals surface area contributed by atoms with Crippen molar-refractivity contribution in [3.8, 4) is 11.5 Å². The van der Waals surface area contributed by atoms with E-state index in [-0.39, 0.29) is 0 Å².